The standard InChI is InChI=1S/C15H20N2O5/c1-12(18)16-4-7-20-11-15(9-16)10-17(5-8-22-15)14(19)13-3-2-6-21-13/h2-3,6H,4-5,7-11H2,1H3. The molecule has 1 aromatic rings. The molecule has 1 spiro atoms. The molecule has 120 valence electrons. The number of hydrogen-bond acceptors (Lipinski definition) is 5. The fourth-order valence-electron chi connectivity index (χ4n) is 2.93. The summed E-state index contributed by atoms with van der Waals surface area (Å²) < 4.78 is 16.7. The molecule has 2 amide bonds. The average molecular weight is 308 g/mol. The predicted molar refractivity (Wildman–Crippen MR) is 76.4 cm³/mol. The number of furan rings is 1. The maximum atomic E-state index is 12.4. The number of hydrogen-bond donors (Lipinski definition) is 0. The number of carbonyl (C=O) groups is 2. The molecule has 0 aromatic carbocycles. The van der Waals surface area contributed by atoms with E-state index in [0.717, 1.165) is 0 Å². The highest BCUT2D eigenvalue weighted by molar-refractivity contribution is 5.91. The van der Waals surface area contributed by atoms with Crippen LogP contribution < -0.4 is 0 Å². The van der Waals surface area contributed by atoms with Crippen molar-refractivity contribution in [2.45, 2.75) is 12.5 Å². The Kier molecular flexibility index (Phi) is 4.17. The maximum absolute atomic E-state index is 12.4. The molecular formula is C15H20N2O5. The Bertz CT molecular complexity index is 544. The van der Waals surface area contributed by atoms with E-state index in [1.54, 1.807) is 21.9 Å². The van der Waals surface area contributed by atoms with Crippen LogP contribution in [0.3, 0.4) is 0 Å². The second-order valence-electron chi connectivity index (χ2n) is 5.73. The number of nitrogens with zero attached hydrogens (tertiary/aromatic N) is 2. The summed E-state index contributed by atoms with van der Waals surface area (Å²) in [6.45, 7) is 4.68. The van der Waals surface area contributed by atoms with Crippen LogP contribution >= 0.6 is 0 Å². The van der Waals surface area contributed by atoms with Crippen molar-refractivity contribution in [2.24, 2.45) is 0 Å². The van der Waals surface area contributed by atoms with Crippen molar-refractivity contribution >= 4 is 11.8 Å². The molecule has 2 fully saturated rings. The fourth-order valence-corrected chi connectivity index (χ4v) is 2.93. The molecule has 2 aliphatic heterocycles. The fraction of sp³-hybridized carbons (Fsp3) is 0.600. The van der Waals surface area contributed by atoms with Crippen molar-refractivity contribution in [1.29, 1.82) is 0 Å². The minimum absolute atomic E-state index is 0.0111. The van der Waals surface area contributed by atoms with Crippen LogP contribution in [-0.2, 0) is 14.3 Å². The minimum Gasteiger partial charge on any atom is -0.459 e. The minimum atomic E-state index is -0.664. The molecule has 3 rings (SSSR count). The number of morpholine rings is 1. The van der Waals surface area contributed by atoms with Gasteiger partial charge in [-0.1, -0.05) is 0 Å². The van der Waals surface area contributed by atoms with Crippen LogP contribution in [-0.4, -0.2) is 73.2 Å². The Balaban J connectivity index is 1.76. The van der Waals surface area contributed by atoms with Gasteiger partial charge in [0.05, 0.1) is 39.2 Å². The third-order valence-corrected chi connectivity index (χ3v) is 4.06. The number of ether oxygens (including phenoxy) is 2. The molecular weight excluding hydrogens is 288 g/mol. The number of amides is 2. The SMILES string of the molecule is CC(=O)N1CCOCC2(C1)CN(C(=O)c1ccco1)CCO2. The van der Waals surface area contributed by atoms with E-state index in [2.05, 4.69) is 0 Å². The van der Waals surface area contributed by atoms with Gasteiger partial charge in [0, 0.05) is 20.0 Å². The largest absolute Gasteiger partial charge is 0.459 e. The quantitative estimate of drug-likeness (QED) is 0.749. The third kappa shape index (κ3) is 3.00. The zero-order valence-corrected chi connectivity index (χ0v) is 12.6. The van der Waals surface area contributed by atoms with Gasteiger partial charge in [0.25, 0.3) is 5.91 Å². The van der Waals surface area contributed by atoms with Gasteiger partial charge < -0.3 is 23.7 Å². The zero-order valence-electron chi connectivity index (χ0n) is 12.6. The average Bonchev–Trinajstić information content (AvgIpc) is 2.97. The summed E-state index contributed by atoms with van der Waals surface area (Å²) in [4.78, 5) is 27.6. The molecule has 1 atom stereocenters. The van der Waals surface area contributed by atoms with E-state index in [4.69, 9.17) is 13.9 Å². The second-order valence-corrected chi connectivity index (χ2v) is 5.73. The van der Waals surface area contributed by atoms with Gasteiger partial charge in [-0.2, -0.15) is 0 Å². The molecule has 0 N–H and O–H groups in total. The first-order valence-corrected chi connectivity index (χ1v) is 7.40. The first-order chi connectivity index (χ1) is 10.6. The second kappa shape index (κ2) is 6.10. The lowest BCUT2D eigenvalue weighted by atomic mass is 10.0. The summed E-state index contributed by atoms with van der Waals surface area (Å²) in [5.41, 5.74) is -0.664. The van der Waals surface area contributed by atoms with E-state index < -0.39 is 5.60 Å². The van der Waals surface area contributed by atoms with Gasteiger partial charge in [-0.15, -0.1) is 0 Å². The van der Waals surface area contributed by atoms with Gasteiger partial charge in [-0.3, -0.25) is 9.59 Å². The van der Waals surface area contributed by atoms with Gasteiger partial charge >= 0.3 is 0 Å². The highest BCUT2D eigenvalue weighted by Gasteiger charge is 2.42. The highest BCUT2D eigenvalue weighted by Crippen LogP contribution is 2.24. The van der Waals surface area contributed by atoms with Crippen LogP contribution in [0.2, 0.25) is 0 Å². The molecule has 1 unspecified atom stereocenters. The molecule has 0 saturated carbocycles. The van der Waals surface area contributed by atoms with Crippen molar-refractivity contribution < 1.29 is 23.5 Å². The first-order valence-electron chi connectivity index (χ1n) is 7.40. The Morgan fingerprint density at radius 2 is 1.95 bits per heavy atom. The van der Waals surface area contributed by atoms with Gasteiger partial charge in [0.2, 0.25) is 5.91 Å². The van der Waals surface area contributed by atoms with Crippen LogP contribution in [0.4, 0.5) is 0 Å². The van der Waals surface area contributed by atoms with Crippen molar-refractivity contribution in [3.63, 3.8) is 0 Å². The summed E-state index contributed by atoms with van der Waals surface area (Å²) in [6, 6.07) is 3.34. The van der Waals surface area contributed by atoms with Crippen LogP contribution in [0.15, 0.2) is 22.8 Å². The molecule has 7 heteroatoms. The summed E-state index contributed by atoms with van der Waals surface area (Å²) in [6.07, 6.45) is 1.48. The molecule has 7 nitrogen and oxygen atoms in total. The molecule has 3 heterocycles. The Hall–Kier alpha value is -1.86. The number of carbonyl (C=O) groups excluding carboxylic acids is 2. The Labute approximate surface area is 128 Å². The highest BCUT2D eigenvalue weighted by atomic mass is 16.5. The summed E-state index contributed by atoms with van der Waals surface area (Å²) in [5.74, 6) is 0.143. The van der Waals surface area contributed by atoms with Crippen LogP contribution in [0, 0.1) is 0 Å². The van der Waals surface area contributed by atoms with E-state index in [9.17, 15) is 9.59 Å². The molecule has 1 aromatic heterocycles. The summed E-state index contributed by atoms with van der Waals surface area (Å²) >= 11 is 0. The predicted octanol–water partition coefficient (Wildman–Crippen LogP) is 0.369. The molecule has 2 aliphatic rings. The normalized spacial score (nSPS) is 26.0. The molecule has 0 radical (unpaired) electrons. The maximum Gasteiger partial charge on any atom is 0.289 e. The molecule has 0 bridgehead atoms. The van der Waals surface area contributed by atoms with E-state index in [1.165, 1.54) is 13.2 Å². The van der Waals surface area contributed by atoms with Gasteiger partial charge in [0.1, 0.15) is 5.60 Å². The van der Waals surface area contributed by atoms with Crippen LogP contribution in [0.5, 0.6) is 0 Å². The number of rotatable bonds is 1. The first kappa shape index (κ1) is 15.1. The van der Waals surface area contributed by atoms with Crippen molar-refractivity contribution in [1.82, 2.24) is 9.80 Å². The Morgan fingerprint density at radius 1 is 1.18 bits per heavy atom. The lowest BCUT2D eigenvalue weighted by Gasteiger charge is -2.42. The van der Waals surface area contributed by atoms with Crippen molar-refractivity contribution in [3.05, 3.63) is 24.2 Å². The molecule has 0 aliphatic carbocycles. The third-order valence-electron chi connectivity index (χ3n) is 4.06. The van der Waals surface area contributed by atoms with Gasteiger partial charge in [0.15, 0.2) is 5.76 Å². The van der Waals surface area contributed by atoms with E-state index in [1.807, 2.05) is 0 Å². The lowest BCUT2D eigenvalue weighted by Crippen LogP contribution is -2.60. The van der Waals surface area contributed by atoms with Gasteiger partial charge in [-0.25, -0.2) is 0 Å². The monoisotopic (exact) mass is 308 g/mol. The topological polar surface area (TPSA) is 72.2 Å². The van der Waals surface area contributed by atoms with Crippen LogP contribution in [0.25, 0.3) is 0 Å². The summed E-state index contributed by atoms with van der Waals surface area (Å²) in [7, 11) is 0. The lowest BCUT2D eigenvalue weighted by molar-refractivity contribution is -0.145. The van der Waals surface area contributed by atoms with E-state index >= 15 is 0 Å². The summed E-state index contributed by atoms with van der Waals surface area (Å²) in [5, 5.41) is 0. The zero-order chi connectivity index (χ0) is 15.6. The Morgan fingerprint density at radius 3 is 2.68 bits per heavy atom. The van der Waals surface area contributed by atoms with E-state index in [-0.39, 0.29) is 11.8 Å². The molecule has 22 heavy (non-hydrogen) atoms. The van der Waals surface area contributed by atoms with Crippen LogP contribution in [0.1, 0.15) is 17.5 Å². The van der Waals surface area contributed by atoms with Gasteiger partial charge in [-0.05, 0) is 12.1 Å². The van der Waals surface area contributed by atoms with E-state index in [0.29, 0.717) is 51.8 Å². The van der Waals surface area contributed by atoms with Crippen molar-refractivity contribution in [2.75, 3.05) is 46.0 Å². The smallest absolute Gasteiger partial charge is 0.289 e. The van der Waals surface area contributed by atoms with Crippen molar-refractivity contribution in [3.8, 4) is 0 Å². The molecule has 2 saturated heterocycles.